The molecule has 1 rings (SSSR count). The van der Waals surface area contributed by atoms with E-state index in [1.807, 2.05) is 21.6 Å². The van der Waals surface area contributed by atoms with E-state index in [0.717, 1.165) is 0 Å². The molecule has 0 saturated heterocycles. The Hall–Kier alpha value is 0.400. The minimum atomic E-state index is 0. The first-order chi connectivity index (χ1) is 2.50. The lowest BCUT2D eigenvalue weighted by atomic mass is 10.8. The van der Waals surface area contributed by atoms with E-state index in [-0.39, 0.29) is 5.48 Å². The fourth-order valence-electron chi connectivity index (χ4n) is 0.196. The van der Waals surface area contributed by atoms with Gasteiger partial charge in [0.2, 0.25) is 0 Å². The van der Waals surface area contributed by atoms with Gasteiger partial charge >= 0.3 is 0 Å². The molecule has 1 aliphatic heterocycles. The number of hydrogen-bond donors (Lipinski definition) is 0. The standard InChI is InChI=1S/C3H4S2.H2O/c1-2-4-5-3-1;/h1-2H,3H2;1H2. The Morgan fingerprint density at radius 1 is 1.50 bits per heavy atom. The van der Waals surface area contributed by atoms with Crippen LogP contribution < -0.4 is 0 Å². The molecule has 0 radical (unpaired) electrons. The van der Waals surface area contributed by atoms with Gasteiger partial charge in [0, 0.05) is 5.75 Å². The predicted octanol–water partition coefficient (Wildman–Crippen LogP) is 1.07. The molecule has 0 aromatic heterocycles. The van der Waals surface area contributed by atoms with Crippen LogP contribution >= 0.6 is 21.6 Å². The SMILES string of the molecule is C1=CSSC1.O. The van der Waals surface area contributed by atoms with Crippen LogP contribution in [0.3, 0.4) is 0 Å². The summed E-state index contributed by atoms with van der Waals surface area (Å²) < 4.78 is 0. The second-order valence-electron chi connectivity index (χ2n) is 0.753. The average Bonchev–Trinajstić information content (AvgIpc) is 1.76. The van der Waals surface area contributed by atoms with Gasteiger partial charge in [-0.25, -0.2) is 0 Å². The molecule has 6 heavy (non-hydrogen) atoms. The highest BCUT2D eigenvalue weighted by Gasteiger charge is 1.85. The Morgan fingerprint density at radius 2 is 2.33 bits per heavy atom. The summed E-state index contributed by atoms with van der Waals surface area (Å²) in [4.78, 5) is 0. The van der Waals surface area contributed by atoms with Crippen molar-refractivity contribution in [2.45, 2.75) is 0 Å². The molecule has 0 unspecified atom stereocenters. The maximum absolute atomic E-state index is 2.16. The molecule has 0 spiro atoms. The zero-order valence-electron chi connectivity index (χ0n) is 3.18. The summed E-state index contributed by atoms with van der Waals surface area (Å²) in [7, 11) is 3.69. The van der Waals surface area contributed by atoms with Crippen LogP contribution in [0, 0.1) is 0 Å². The fourth-order valence-corrected chi connectivity index (χ4v) is 1.77. The molecule has 0 saturated carbocycles. The molecule has 0 amide bonds. The smallest absolute Gasteiger partial charge is 0.0229 e. The van der Waals surface area contributed by atoms with Gasteiger partial charge in [-0.15, -0.1) is 0 Å². The zero-order valence-corrected chi connectivity index (χ0v) is 4.81. The van der Waals surface area contributed by atoms with Crippen LogP contribution in [0.25, 0.3) is 0 Å². The minimum Gasteiger partial charge on any atom is -0.412 e. The molecular weight excluding hydrogens is 116 g/mol. The maximum atomic E-state index is 2.16. The van der Waals surface area contributed by atoms with E-state index < -0.39 is 0 Å². The molecule has 3 heteroatoms. The third kappa shape index (κ3) is 1.74. The molecule has 2 N–H and O–H groups in total. The van der Waals surface area contributed by atoms with Crippen LogP contribution in [-0.4, -0.2) is 11.2 Å². The third-order valence-corrected chi connectivity index (χ3v) is 2.30. The Morgan fingerprint density at radius 3 is 2.50 bits per heavy atom. The largest absolute Gasteiger partial charge is 0.412 e. The molecule has 36 valence electrons. The van der Waals surface area contributed by atoms with Crippen molar-refractivity contribution < 1.29 is 5.48 Å². The highest BCUT2D eigenvalue weighted by Crippen LogP contribution is 2.27. The molecule has 0 fully saturated rings. The van der Waals surface area contributed by atoms with Crippen LogP contribution in [0.15, 0.2) is 11.5 Å². The molecule has 0 aromatic carbocycles. The first-order valence-electron chi connectivity index (χ1n) is 1.43. The van der Waals surface area contributed by atoms with Gasteiger partial charge in [0.05, 0.1) is 0 Å². The normalized spacial score (nSPS) is 17.3. The summed E-state index contributed by atoms with van der Waals surface area (Å²) in [5, 5.41) is 2.12. The van der Waals surface area contributed by atoms with Crippen LogP contribution in [0.5, 0.6) is 0 Å². The van der Waals surface area contributed by atoms with Crippen LogP contribution in [-0.2, 0) is 0 Å². The van der Waals surface area contributed by atoms with Gasteiger partial charge in [-0.2, -0.15) is 0 Å². The van der Waals surface area contributed by atoms with Crippen molar-refractivity contribution in [2.75, 3.05) is 5.75 Å². The van der Waals surface area contributed by atoms with E-state index in [2.05, 4.69) is 11.5 Å². The highest BCUT2D eigenvalue weighted by molar-refractivity contribution is 8.78. The highest BCUT2D eigenvalue weighted by atomic mass is 33.1. The van der Waals surface area contributed by atoms with E-state index in [4.69, 9.17) is 0 Å². The summed E-state index contributed by atoms with van der Waals surface area (Å²) in [6, 6.07) is 0. The summed E-state index contributed by atoms with van der Waals surface area (Å²) in [6.07, 6.45) is 2.16. The van der Waals surface area contributed by atoms with Gasteiger partial charge in [0.15, 0.2) is 0 Å². The van der Waals surface area contributed by atoms with Gasteiger partial charge in [-0.3, -0.25) is 0 Å². The molecule has 1 aliphatic rings. The maximum Gasteiger partial charge on any atom is 0.0229 e. The van der Waals surface area contributed by atoms with Crippen LogP contribution in [0.4, 0.5) is 0 Å². The first-order valence-corrected chi connectivity index (χ1v) is 3.81. The number of hydrogen-bond acceptors (Lipinski definition) is 2. The minimum absolute atomic E-state index is 0. The second-order valence-corrected chi connectivity index (χ2v) is 3.07. The van der Waals surface area contributed by atoms with Crippen molar-refractivity contribution in [1.29, 1.82) is 0 Å². The van der Waals surface area contributed by atoms with Gasteiger partial charge < -0.3 is 5.48 Å². The summed E-state index contributed by atoms with van der Waals surface area (Å²) >= 11 is 0. The molecule has 1 heterocycles. The van der Waals surface area contributed by atoms with Crippen molar-refractivity contribution in [3.8, 4) is 0 Å². The summed E-state index contributed by atoms with van der Waals surface area (Å²) in [6.45, 7) is 0. The lowest BCUT2D eigenvalue weighted by molar-refractivity contribution is 0.824. The van der Waals surface area contributed by atoms with Crippen LogP contribution in [0.1, 0.15) is 0 Å². The van der Waals surface area contributed by atoms with Crippen molar-refractivity contribution >= 4 is 21.6 Å². The zero-order chi connectivity index (χ0) is 3.54. The van der Waals surface area contributed by atoms with Gasteiger partial charge in [0.1, 0.15) is 0 Å². The Kier molecular flexibility index (Phi) is 3.82. The summed E-state index contributed by atoms with van der Waals surface area (Å²) in [5.41, 5.74) is 0. The fraction of sp³-hybridized carbons (Fsp3) is 0.333. The van der Waals surface area contributed by atoms with Crippen LogP contribution in [0.2, 0.25) is 0 Å². The monoisotopic (exact) mass is 122 g/mol. The molecule has 0 aliphatic carbocycles. The van der Waals surface area contributed by atoms with Crippen molar-refractivity contribution in [3.05, 3.63) is 11.5 Å². The van der Waals surface area contributed by atoms with Crippen molar-refractivity contribution in [1.82, 2.24) is 0 Å². The van der Waals surface area contributed by atoms with Gasteiger partial charge in [-0.05, 0) is 5.41 Å². The Bertz CT molecular complexity index is 46.8. The van der Waals surface area contributed by atoms with Crippen molar-refractivity contribution in [2.24, 2.45) is 0 Å². The molecule has 0 bridgehead atoms. The van der Waals surface area contributed by atoms with E-state index >= 15 is 0 Å². The molecular formula is C3H6OS2. The second kappa shape index (κ2) is 3.59. The van der Waals surface area contributed by atoms with E-state index in [1.165, 1.54) is 5.75 Å². The lowest BCUT2D eigenvalue weighted by Gasteiger charge is -1.69. The third-order valence-electron chi connectivity index (χ3n) is 0.384. The predicted molar refractivity (Wildman–Crippen MR) is 32.8 cm³/mol. The molecule has 0 atom stereocenters. The first kappa shape index (κ1) is 6.40. The van der Waals surface area contributed by atoms with E-state index in [1.54, 1.807) is 0 Å². The Balaban J connectivity index is 0.000000250. The Labute approximate surface area is 44.9 Å². The van der Waals surface area contributed by atoms with Gasteiger partial charge in [-0.1, -0.05) is 27.7 Å². The lowest BCUT2D eigenvalue weighted by Crippen LogP contribution is -1.46. The van der Waals surface area contributed by atoms with Gasteiger partial charge in [0.25, 0.3) is 0 Å². The van der Waals surface area contributed by atoms with E-state index in [9.17, 15) is 0 Å². The van der Waals surface area contributed by atoms with Crippen molar-refractivity contribution in [3.63, 3.8) is 0 Å². The summed E-state index contributed by atoms with van der Waals surface area (Å²) in [5.74, 6) is 1.20. The van der Waals surface area contributed by atoms with E-state index in [0.29, 0.717) is 0 Å². The molecule has 0 aromatic rings. The quantitative estimate of drug-likeness (QED) is 0.450. The topological polar surface area (TPSA) is 31.5 Å². The molecule has 1 nitrogen and oxygen atoms in total. The number of rotatable bonds is 0. The average molecular weight is 122 g/mol.